The number of nitrogens with zero attached hydrogens (tertiary/aromatic N) is 1. The molecule has 5 heteroatoms. The predicted octanol–water partition coefficient (Wildman–Crippen LogP) is 2.58. The smallest absolute Gasteiger partial charge is 0.333 e. The first-order chi connectivity index (χ1) is 7.79. The van der Waals surface area contributed by atoms with Crippen molar-refractivity contribution in [3.05, 3.63) is 29.8 Å². The van der Waals surface area contributed by atoms with Gasteiger partial charge in [-0.3, -0.25) is 0 Å². The maximum atomic E-state index is 13.3. The van der Waals surface area contributed by atoms with Crippen LogP contribution in [-0.2, 0) is 16.2 Å². The van der Waals surface area contributed by atoms with Crippen LogP contribution in [0.4, 0.5) is 4.48 Å². The van der Waals surface area contributed by atoms with Crippen molar-refractivity contribution in [2.75, 3.05) is 0 Å². The minimum absolute atomic E-state index is 0.0393. The Kier molecular flexibility index (Phi) is 4.07. The fraction of sp³-hybridized carbons (Fsp3) is 0.417. The Morgan fingerprint density at radius 1 is 1.47 bits per heavy atom. The van der Waals surface area contributed by atoms with Crippen molar-refractivity contribution >= 4 is 5.97 Å². The molecule has 0 heterocycles. The van der Waals surface area contributed by atoms with Gasteiger partial charge in [-0.1, -0.05) is 16.6 Å². The van der Waals surface area contributed by atoms with Gasteiger partial charge in [-0.05, 0) is 38.5 Å². The highest BCUT2D eigenvalue weighted by Gasteiger charge is 2.26. The average Bonchev–Trinajstić information content (AvgIpc) is 2.15. The first-order valence-corrected chi connectivity index (χ1v) is 5.22. The molecule has 0 fully saturated rings. The molecule has 0 amide bonds. The predicted molar refractivity (Wildman–Crippen MR) is 60.3 cm³/mol. The van der Waals surface area contributed by atoms with E-state index in [0.717, 1.165) is 0 Å². The van der Waals surface area contributed by atoms with Crippen LogP contribution in [0.2, 0.25) is 0 Å². The molecule has 1 N–H and O–H groups in total. The lowest BCUT2D eigenvalue weighted by Crippen LogP contribution is -2.28. The zero-order chi connectivity index (χ0) is 13.1. The molecule has 0 radical (unpaired) electrons. The summed E-state index contributed by atoms with van der Waals surface area (Å²) in [5.74, 6) is -0.613. The second-order valence-corrected chi connectivity index (χ2v) is 4.77. The molecule has 0 aliphatic rings. The van der Waals surface area contributed by atoms with E-state index in [4.69, 9.17) is 0 Å². The van der Waals surface area contributed by atoms with Gasteiger partial charge in [-0.15, -0.1) is 0 Å². The van der Waals surface area contributed by atoms with Gasteiger partial charge in [-0.25, -0.2) is 4.79 Å². The molecule has 0 saturated heterocycles. The van der Waals surface area contributed by atoms with Crippen LogP contribution >= 0.6 is 0 Å². The van der Waals surface area contributed by atoms with Crippen molar-refractivity contribution in [1.29, 1.82) is 0 Å². The normalized spacial score (nSPS) is 11.6. The van der Waals surface area contributed by atoms with Gasteiger partial charge in [0.2, 0.25) is 0 Å². The molecule has 0 bridgehead atoms. The monoisotopic (exact) mass is 241 g/mol. The third kappa shape index (κ3) is 4.40. The summed E-state index contributed by atoms with van der Waals surface area (Å²) in [6.45, 7) is 4.68. The van der Waals surface area contributed by atoms with Crippen LogP contribution < -0.4 is 0 Å². The molecule has 0 unspecified atom stereocenters. The van der Waals surface area contributed by atoms with Gasteiger partial charge in [0, 0.05) is 5.29 Å². The summed E-state index contributed by atoms with van der Waals surface area (Å²) in [5.41, 5.74) is -0.252. The van der Waals surface area contributed by atoms with Crippen LogP contribution in [0, 0.1) is 5.41 Å². The maximum absolute atomic E-state index is 13.3. The van der Waals surface area contributed by atoms with Gasteiger partial charge in [0.1, 0.15) is 5.75 Å². The molecule has 0 spiro atoms. The molecule has 4 nitrogen and oxygen atoms in total. The van der Waals surface area contributed by atoms with E-state index >= 15 is 0 Å². The summed E-state index contributed by atoms with van der Waals surface area (Å²) in [4.78, 5) is 15.9. The van der Waals surface area contributed by atoms with Gasteiger partial charge in [0.05, 0.1) is 12.0 Å². The van der Waals surface area contributed by atoms with Crippen molar-refractivity contribution in [3.63, 3.8) is 0 Å². The number of rotatable bonds is 3. The number of hydrogen-bond acceptors (Lipinski definition) is 4. The van der Waals surface area contributed by atoms with Crippen molar-refractivity contribution in [3.8, 4) is 5.75 Å². The van der Waals surface area contributed by atoms with Crippen LogP contribution in [0.25, 0.3) is 0 Å². The fourth-order valence-electron chi connectivity index (χ4n) is 1.06. The molecular weight excluding hydrogens is 225 g/mol. The lowest BCUT2D eigenvalue weighted by Gasteiger charge is -2.18. The summed E-state index contributed by atoms with van der Waals surface area (Å²) >= 11 is 0. The zero-order valence-corrected chi connectivity index (χ0v) is 10.1. The Balaban J connectivity index is 2.56. The molecule has 1 aromatic carbocycles. The lowest BCUT2D eigenvalue weighted by atomic mass is 9.98. The highest BCUT2D eigenvalue weighted by atomic mass is 19.2. The first kappa shape index (κ1) is 13.4. The number of benzene rings is 1. The van der Waals surface area contributed by atoms with Crippen LogP contribution in [0.3, 0.4) is 0 Å². The molecule has 0 aliphatic heterocycles. The van der Waals surface area contributed by atoms with Crippen LogP contribution in [-0.4, -0.2) is 16.4 Å². The standard InChI is InChI=1S/C12H16FNO3/c1-12(2,3)11(16)17-14(13)8-9-5-4-6-10(15)7-9/h4-7,15H,8H2,1-3H3. The van der Waals surface area contributed by atoms with Crippen LogP contribution in [0.5, 0.6) is 5.75 Å². The Morgan fingerprint density at radius 2 is 2.12 bits per heavy atom. The van der Waals surface area contributed by atoms with E-state index in [1.54, 1.807) is 32.9 Å². The average molecular weight is 241 g/mol. The summed E-state index contributed by atoms with van der Waals surface area (Å²) < 4.78 is 13.3. The van der Waals surface area contributed by atoms with Crippen LogP contribution in [0.1, 0.15) is 26.3 Å². The van der Waals surface area contributed by atoms with E-state index < -0.39 is 11.4 Å². The summed E-state index contributed by atoms with van der Waals surface area (Å²) in [5, 5.41) is 9.15. The van der Waals surface area contributed by atoms with Gasteiger partial charge in [0.15, 0.2) is 0 Å². The topological polar surface area (TPSA) is 49.8 Å². The van der Waals surface area contributed by atoms with Crippen molar-refractivity contribution in [1.82, 2.24) is 5.29 Å². The summed E-state index contributed by atoms with van der Waals surface area (Å²) in [6, 6.07) is 6.09. The molecule has 0 saturated carbocycles. The largest absolute Gasteiger partial charge is 0.508 e. The van der Waals surface area contributed by atoms with E-state index in [1.165, 1.54) is 12.1 Å². The van der Waals surface area contributed by atoms with Crippen molar-refractivity contribution in [2.24, 2.45) is 5.41 Å². The van der Waals surface area contributed by atoms with E-state index in [9.17, 15) is 14.4 Å². The molecular formula is C12H16FNO3. The number of carbonyl (C=O) groups excluding carboxylic acids is 1. The third-order valence-electron chi connectivity index (χ3n) is 2.01. The lowest BCUT2D eigenvalue weighted by molar-refractivity contribution is -0.275. The number of aromatic hydroxyl groups is 1. The van der Waals surface area contributed by atoms with E-state index in [1.807, 2.05) is 0 Å². The molecule has 0 aromatic heterocycles. The maximum Gasteiger partial charge on any atom is 0.333 e. The molecule has 17 heavy (non-hydrogen) atoms. The van der Waals surface area contributed by atoms with Gasteiger partial charge >= 0.3 is 5.97 Å². The molecule has 1 aromatic rings. The fourth-order valence-corrected chi connectivity index (χ4v) is 1.06. The van der Waals surface area contributed by atoms with Gasteiger partial charge in [-0.2, -0.15) is 0 Å². The van der Waals surface area contributed by atoms with Gasteiger partial charge < -0.3 is 9.94 Å². The highest BCUT2D eigenvalue weighted by Crippen LogP contribution is 2.18. The Bertz CT molecular complexity index is 401. The van der Waals surface area contributed by atoms with Crippen molar-refractivity contribution in [2.45, 2.75) is 27.3 Å². The van der Waals surface area contributed by atoms with Crippen molar-refractivity contribution < 1.29 is 19.2 Å². The molecule has 0 aliphatic carbocycles. The molecule has 0 atom stereocenters. The second kappa shape index (κ2) is 5.14. The minimum atomic E-state index is -0.761. The van der Waals surface area contributed by atoms with E-state index in [-0.39, 0.29) is 17.6 Å². The number of hydroxylamine groups is 1. The second-order valence-electron chi connectivity index (χ2n) is 4.77. The van der Waals surface area contributed by atoms with E-state index in [2.05, 4.69) is 4.84 Å². The molecule has 1 rings (SSSR count). The number of phenolic OH excluding ortho intramolecular Hbond substituents is 1. The third-order valence-corrected chi connectivity index (χ3v) is 2.01. The number of hydrogen-bond donors (Lipinski definition) is 1. The number of phenols is 1. The zero-order valence-electron chi connectivity index (χ0n) is 10.1. The SMILES string of the molecule is CC(C)(C)C(=O)ON(F)Cc1cccc(O)c1. The van der Waals surface area contributed by atoms with Crippen LogP contribution in [0.15, 0.2) is 24.3 Å². The Morgan fingerprint density at radius 3 is 2.65 bits per heavy atom. The minimum Gasteiger partial charge on any atom is -0.508 e. The Labute approximate surface area is 99.5 Å². The summed E-state index contributed by atoms with van der Waals surface area (Å²) in [7, 11) is 0. The number of halogens is 1. The summed E-state index contributed by atoms with van der Waals surface area (Å²) in [6.07, 6.45) is 0. The Hall–Kier alpha value is -1.62. The first-order valence-electron chi connectivity index (χ1n) is 5.22. The highest BCUT2D eigenvalue weighted by molar-refractivity contribution is 5.74. The molecule has 94 valence electrons. The number of carbonyl (C=O) groups is 1. The van der Waals surface area contributed by atoms with Gasteiger partial charge in [0.25, 0.3) is 0 Å². The van der Waals surface area contributed by atoms with E-state index in [0.29, 0.717) is 5.56 Å². The quantitative estimate of drug-likeness (QED) is 0.652.